The third kappa shape index (κ3) is 4.14. The van der Waals surface area contributed by atoms with Crippen LogP contribution in [0.2, 0.25) is 0 Å². The Bertz CT molecular complexity index is 1300. The van der Waals surface area contributed by atoms with Gasteiger partial charge in [0.15, 0.2) is 5.60 Å². The summed E-state index contributed by atoms with van der Waals surface area (Å²) in [5.41, 5.74) is 3.78. The number of halogens is 2. The maximum atomic E-state index is 14.4. The van der Waals surface area contributed by atoms with Crippen LogP contribution in [0.4, 0.5) is 20.3 Å². The van der Waals surface area contributed by atoms with Crippen LogP contribution in [0.25, 0.3) is 6.08 Å². The fraction of sp³-hybridized carbons (Fsp3) is 0.600. The van der Waals surface area contributed by atoms with Gasteiger partial charge in [-0.3, -0.25) is 9.88 Å². The summed E-state index contributed by atoms with van der Waals surface area (Å²) < 4.78 is 41.3. The number of ether oxygens (including phenoxy) is 2. The van der Waals surface area contributed by atoms with Gasteiger partial charge in [-0.05, 0) is 38.3 Å². The molecule has 0 amide bonds. The Balaban J connectivity index is 1.16. The van der Waals surface area contributed by atoms with Gasteiger partial charge >= 0.3 is 0 Å². The number of alkyl halides is 2. The summed E-state index contributed by atoms with van der Waals surface area (Å²) in [7, 11) is 0. The van der Waals surface area contributed by atoms with Crippen molar-refractivity contribution in [1.29, 1.82) is 0 Å². The second-order valence-corrected chi connectivity index (χ2v) is 11.9. The first-order valence-electron chi connectivity index (χ1n) is 14.6. The molecule has 4 fully saturated rings. The fourth-order valence-electron chi connectivity index (χ4n) is 7.29. The van der Waals surface area contributed by atoms with Gasteiger partial charge < -0.3 is 24.6 Å². The molecule has 0 radical (unpaired) electrons. The van der Waals surface area contributed by atoms with E-state index in [1.165, 1.54) is 11.1 Å². The highest BCUT2D eigenvalue weighted by Gasteiger charge is 2.59. The van der Waals surface area contributed by atoms with Gasteiger partial charge in [-0.1, -0.05) is 12.2 Å². The van der Waals surface area contributed by atoms with Crippen LogP contribution in [0.15, 0.2) is 24.4 Å². The molecule has 40 heavy (non-hydrogen) atoms. The van der Waals surface area contributed by atoms with Crippen LogP contribution in [0.3, 0.4) is 0 Å². The third-order valence-electron chi connectivity index (χ3n) is 9.47. The van der Waals surface area contributed by atoms with E-state index in [2.05, 4.69) is 38.0 Å². The molecule has 5 aliphatic rings. The second-order valence-electron chi connectivity index (χ2n) is 11.9. The summed E-state index contributed by atoms with van der Waals surface area (Å²) in [6, 6.07) is 4.55. The van der Waals surface area contributed by atoms with Crippen molar-refractivity contribution in [2.75, 3.05) is 75.4 Å². The topological polar surface area (TPSA) is 66.0 Å². The number of nitrogens with one attached hydrogen (secondary N) is 1. The van der Waals surface area contributed by atoms with Crippen LogP contribution >= 0.6 is 0 Å². The Morgan fingerprint density at radius 3 is 2.48 bits per heavy atom. The molecule has 2 spiro atoms. The first-order valence-corrected chi connectivity index (χ1v) is 14.6. The molecule has 4 saturated heterocycles. The summed E-state index contributed by atoms with van der Waals surface area (Å²) in [6.07, 6.45) is 4.33. The van der Waals surface area contributed by atoms with Crippen LogP contribution in [0.5, 0.6) is 0 Å². The average molecular weight is 553 g/mol. The minimum absolute atomic E-state index is 0.135. The van der Waals surface area contributed by atoms with Crippen LogP contribution in [-0.4, -0.2) is 86.5 Å². The summed E-state index contributed by atoms with van der Waals surface area (Å²) in [5, 5.41) is 3.41. The number of nitrogens with zero attached hydrogens (tertiary/aromatic N) is 5. The Labute approximate surface area is 234 Å². The molecule has 7 rings (SSSR count). The van der Waals surface area contributed by atoms with E-state index in [4.69, 9.17) is 14.5 Å². The molecule has 7 heterocycles. The van der Waals surface area contributed by atoms with Crippen LogP contribution < -0.4 is 15.1 Å². The fourth-order valence-corrected chi connectivity index (χ4v) is 7.29. The van der Waals surface area contributed by atoms with Gasteiger partial charge in [-0.15, -0.1) is 0 Å². The van der Waals surface area contributed by atoms with Crippen molar-refractivity contribution in [3.63, 3.8) is 0 Å². The Kier molecular flexibility index (Phi) is 6.57. The standard InChI is InChI=1S/C30H38F2N6O2/c1-3-4-22-23(38-16-21(17-38)36-13-9-33-10-14-36)15-24(35-26(22)28(31)32)37-11-6-29(7-12-37)25-20(2)5-8-34-27(25)30(40-29)18-39-19-30/h3-5,8,15,21,28,33H,6-7,9-14,16-19H2,1-2H3/b4-3-. The van der Waals surface area contributed by atoms with Crippen molar-refractivity contribution in [2.24, 2.45) is 0 Å². The Morgan fingerprint density at radius 2 is 1.82 bits per heavy atom. The zero-order valence-corrected chi connectivity index (χ0v) is 23.3. The molecule has 2 aromatic rings. The predicted octanol–water partition coefficient (Wildman–Crippen LogP) is 3.60. The highest BCUT2D eigenvalue weighted by Crippen LogP contribution is 2.55. The number of piperazine rings is 1. The summed E-state index contributed by atoms with van der Waals surface area (Å²) >= 11 is 0. The van der Waals surface area contributed by atoms with E-state index in [1.54, 1.807) is 6.08 Å². The second kappa shape index (κ2) is 10.0. The van der Waals surface area contributed by atoms with E-state index in [0.717, 1.165) is 63.5 Å². The predicted molar refractivity (Wildman–Crippen MR) is 150 cm³/mol. The number of hydrogen-bond donors (Lipinski definition) is 1. The number of rotatable bonds is 5. The molecule has 10 heteroatoms. The van der Waals surface area contributed by atoms with E-state index in [1.807, 2.05) is 25.3 Å². The molecule has 0 aromatic carbocycles. The van der Waals surface area contributed by atoms with Gasteiger partial charge in [0.2, 0.25) is 0 Å². The lowest BCUT2D eigenvalue weighted by Crippen LogP contribution is -2.63. The van der Waals surface area contributed by atoms with Crippen molar-refractivity contribution in [3.05, 3.63) is 52.5 Å². The normalized spacial score (nSPS) is 24.2. The van der Waals surface area contributed by atoms with E-state index in [-0.39, 0.29) is 5.69 Å². The van der Waals surface area contributed by atoms with Gasteiger partial charge in [-0.2, -0.15) is 0 Å². The number of aromatic nitrogens is 2. The molecular weight excluding hydrogens is 514 g/mol. The molecule has 214 valence electrons. The SMILES string of the molecule is C/C=C\c1c(N2CC(N3CCNCC3)C2)cc(N2CCC3(CC2)OC2(COC2)c2nccc(C)c23)nc1C(F)F. The lowest BCUT2D eigenvalue weighted by molar-refractivity contribution is -0.260. The Morgan fingerprint density at radius 1 is 1.07 bits per heavy atom. The molecule has 0 unspecified atom stereocenters. The molecule has 5 aliphatic heterocycles. The molecule has 0 atom stereocenters. The maximum Gasteiger partial charge on any atom is 0.281 e. The molecule has 0 bridgehead atoms. The van der Waals surface area contributed by atoms with Gasteiger partial charge in [0.05, 0.1) is 18.9 Å². The van der Waals surface area contributed by atoms with Crippen molar-refractivity contribution in [1.82, 2.24) is 20.2 Å². The zero-order valence-electron chi connectivity index (χ0n) is 23.3. The van der Waals surface area contributed by atoms with Crippen LogP contribution in [0, 0.1) is 6.92 Å². The van der Waals surface area contributed by atoms with E-state index in [9.17, 15) is 8.78 Å². The summed E-state index contributed by atoms with van der Waals surface area (Å²) in [4.78, 5) is 16.2. The van der Waals surface area contributed by atoms with Crippen molar-refractivity contribution < 1.29 is 18.3 Å². The van der Waals surface area contributed by atoms with Crippen molar-refractivity contribution in [2.45, 2.75) is 50.4 Å². The number of piperidine rings is 1. The van der Waals surface area contributed by atoms with E-state index < -0.39 is 17.6 Å². The van der Waals surface area contributed by atoms with Gasteiger partial charge in [0.25, 0.3) is 6.43 Å². The third-order valence-corrected chi connectivity index (χ3v) is 9.47. The lowest BCUT2D eigenvalue weighted by atomic mass is 9.81. The summed E-state index contributed by atoms with van der Waals surface area (Å²) in [5.74, 6) is 0.627. The summed E-state index contributed by atoms with van der Waals surface area (Å²) in [6.45, 7) is 12.2. The number of allylic oxidation sites excluding steroid dienone is 1. The van der Waals surface area contributed by atoms with Crippen LogP contribution in [-0.2, 0) is 20.7 Å². The smallest absolute Gasteiger partial charge is 0.281 e. The Hall–Kier alpha value is -2.66. The number of hydrogen-bond acceptors (Lipinski definition) is 8. The number of aryl methyl sites for hydroxylation is 1. The highest BCUT2D eigenvalue weighted by atomic mass is 19.3. The first-order chi connectivity index (χ1) is 19.4. The van der Waals surface area contributed by atoms with Crippen molar-refractivity contribution >= 4 is 17.6 Å². The molecule has 0 saturated carbocycles. The number of pyridine rings is 2. The lowest BCUT2D eigenvalue weighted by Gasteiger charge is -2.48. The monoisotopic (exact) mass is 552 g/mol. The van der Waals surface area contributed by atoms with Gasteiger partial charge in [0.1, 0.15) is 17.1 Å². The highest BCUT2D eigenvalue weighted by molar-refractivity contribution is 5.74. The van der Waals surface area contributed by atoms with Gasteiger partial charge in [0, 0.05) is 87.5 Å². The minimum Gasteiger partial charge on any atom is -0.374 e. The zero-order chi connectivity index (χ0) is 27.5. The van der Waals surface area contributed by atoms with Gasteiger partial charge in [-0.25, -0.2) is 13.8 Å². The van der Waals surface area contributed by atoms with Crippen molar-refractivity contribution in [3.8, 4) is 0 Å². The largest absolute Gasteiger partial charge is 0.374 e. The number of anilines is 2. The molecule has 2 aromatic heterocycles. The number of fused-ring (bicyclic) bond motifs is 3. The van der Waals surface area contributed by atoms with E-state index in [0.29, 0.717) is 43.7 Å². The molecular formula is C30H38F2N6O2. The average Bonchev–Trinajstić information content (AvgIpc) is 3.21. The van der Waals surface area contributed by atoms with Crippen LogP contribution in [0.1, 0.15) is 54.3 Å². The van der Waals surface area contributed by atoms with E-state index >= 15 is 0 Å². The molecule has 0 aliphatic carbocycles. The first kappa shape index (κ1) is 26.3. The quantitative estimate of drug-likeness (QED) is 0.604. The minimum atomic E-state index is -2.65. The maximum absolute atomic E-state index is 14.4. The molecule has 1 N–H and O–H groups in total. The molecule has 8 nitrogen and oxygen atoms in total.